The maximum absolute atomic E-state index is 13.8. The third kappa shape index (κ3) is 5.43. The number of carbonyl (C=O) groups is 2. The molecule has 1 amide bonds. The molecule has 1 aliphatic rings. The number of nitrogens with zero attached hydrogens (tertiary/aromatic N) is 4. The molecule has 4 rings (SSSR count). The number of benzene rings is 1. The fourth-order valence-corrected chi connectivity index (χ4v) is 3.59. The number of rotatable bonds is 6. The van der Waals surface area contributed by atoms with Crippen molar-refractivity contribution in [1.82, 2.24) is 14.8 Å². The fourth-order valence-electron chi connectivity index (χ4n) is 3.59. The molecule has 1 N–H and O–H groups in total. The highest BCUT2D eigenvalue weighted by Crippen LogP contribution is 2.34. The highest BCUT2D eigenvalue weighted by molar-refractivity contribution is 6.04. The Hall–Kier alpha value is -3.93. The fraction of sp³-hybridized carbons (Fsp3) is 0.304. The zero-order chi connectivity index (χ0) is 25.0. The smallest absolute Gasteiger partial charge is 0.434 e. The van der Waals surface area contributed by atoms with Crippen molar-refractivity contribution >= 4 is 23.4 Å². The third-order valence-corrected chi connectivity index (χ3v) is 5.23. The topological polar surface area (TPSA) is 98.6 Å². The van der Waals surface area contributed by atoms with Crippen LogP contribution in [0, 0.1) is 0 Å². The molecule has 0 saturated carbocycles. The Morgan fingerprint density at radius 1 is 1.14 bits per heavy atom. The Balaban J connectivity index is 1.55. The van der Waals surface area contributed by atoms with Crippen molar-refractivity contribution in [3.63, 3.8) is 0 Å². The molecule has 0 bridgehead atoms. The van der Waals surface area contributed by atoms with Crippen molar-refractivity contribution in [2.24, 2.45) is 0 Å². The second-order valence-corrected chi connectivity index (χ2v) is 7.55. The van der Waals surface area contributed by atoms with Gasteiger partial charge in [0, 0.05) is 25.0 Å². The number of carbonyl (C=O) groups excluding carboxylic acids is 2. The number of aromatic nitrogens is 3. The number of ether oxygens (including phenoxy) is 2. The van der Waals surface area contributed by atoms with Gasteiger partial charge in [-0.05, 0) is 37.3 Å². The van der Waals surface area contributed by atoms with Gasteiger partial charge >= 0.3 is 12.1 Å². The van der Waals surface area contributed by atoms with Crippen LogP contribution in [0.4, 0.5) is 24.7 Å². The number of hydrogen-bond acceptors (Lipinski definition) is 7. The highest BCUT2D eigenvalue weighted by atomic mass is 19.4. The van der Waals surface area contributed by atoms with Gasteiger partial charge in [-0.1, -0.05) is 6.07 Å². The van der Waals surface area contributed by atoms with Gasteiger partial charge in [0.05, 0.1) is 37.3 Å². The summed E-state index contributed by atoms with van der Waals surface area (Å²) >= 11 is 0. The first-order chi connectivity index (χ1) is 16.8. The van der Waals surface area contributed by atoms with Gasteiger partial charge in [0.15, 0.2) is 5.69 Å². The van der Waals surface area contributed by atoms with Crippen molar-refractivity contribution in [2.45, 2.75) is 13.1 Å². The lowest BCUT2D eigenvalue weighted by atomic mass is 10.2. The van der Waals surface area contributed by atoms with Gasteiger partial charge in [-0.15, -0.1) is 0 Å². The molecule has 0 aliphatic carbocycles. The molecule has 1 aromatic carbocycles. The summed E-state index contributed by atoms with van der Waals surface area (Å²) in [7, 11) is 0. The molecule has 0 spiro atoms. The molecule has 12 heteroatoms. The minimum Gasteiger partial charge on any atom is -0.462 e. The van der Waals surface area contributed by atoms with E-state index in [2.05, 4.69) is 15.4 Å². The highest BCUT2D eigenvalue weighted by Gasteiger charge is 2.41. The van der Waals surface area contributed by atoms with E-state index in [-0.39, 0.29) is 23.5 Å². The Bertz CT molecular complexity index is 1200. The lowest BCUT2D eigenvalue weighted by Gasteiger charge is -2.27. The number of alkyl halides is 3. The zero-order valence-corrected chi connectivity index (χ0v) is 18.7. The number of nitrogens with one attached hydrogen (secondary N) is 1. The van der Waals surface area contributed by atoms with Crippen LogP contribution < -0.4 is 10.2 Å². The molecule has 1 saturated heterocycles. The van der Waals surface area contributed by atoms with E-state index < -0.39 is 29.3 Å². The summed E-state index contributed by atoms with van der Waals surface area (Å²) in [6.45, 7) is 4.04. The number of amides is 1. The Morgan fingerprint density at radius 2 is 1.91 bits per heavy atom. The molecule has 35 heavy (non-hydrogen) atoms. The normalized spacial score (nSPS) is 14.0. The van der Waals surface area contributed by atoms with Gasteiger partial charge in [-0.3, -0.25) is 4.79 Å². The van der Waals surface area contributed by atoms with E-state index in [9.17, 15) is 22.8 Å². The zero-order valence-electron chi connectivity index (χ0n) is 18.7. The van der Waals surface area contributed by atoms with Crippen LogP contribution in [0.2, 0.25) is 0 Å². The predicted molar refractivity (Wildman–Crippen MR) is 120 cm³/mol. The molecule has 3 heterocycles. The van der Waals surface area contributed by atoms with Crippen molar-refractivity contribution in [3.8, 4) is 5.69 Å². The third-order valence-electron chi connectivity index (χ3n) is 5.23. The monoisotopic (exact) mass is 489 g/mol. The Morgan fingerprint density at radius 3 is 2.57 bits per heavy atom. The summed E-state index contributed by atoms with van der Waals surface area (Å²) in [6, 6.07) is 9.05. The van der Waals surface area contributed by atoms with Crippen LogP contribution in [-0.4, -0.2) is 59.6 Å². The van der Waals surface area contributed by atoms with E-state index in [1.54, 1.807) is 12.1 Å². The minimum atomic E-state index is -4.87. The molecule has 184 valence electrons. The van der Waals surface area contributed by atoms with Crippen LogP contribution in [-0.2, 0) is 15.7 Å². The summed E-state index contributed by atoms with van der Waals surface area (Å²) < 4.78 is 52.0. The van der Waals surface area contributed by atoms with Crippen molar-refractivity contribution < 1.29 is 32.2 Å². The molecule has 1 aliphatic heterocycles. The maximum atomic E-state index is 13.8. The molecule has 9 nitrogen and oxygen atoms in total. The first kappa shape index (κ1) is 24.2. The SMILES string of the molecule is CCOC(=O)c1cnn(-c2cccc(NC(=O)c3ccc(N4CCOCC4)nc3)c2)c1C(F)(F)F. The van der Waals surface area contributed by atoms with Gasteiger partial charge in [0.1, 0.15) is 11.4 Å². The molecule has 0 radical (unpaired) electrons. The van der Waals surface area contributed by atoms with Gasteiger partial charge < -0.3 is 19.7 Å². The molecule has 0 atom stereocenters. The van der Waals surface area contributed by atoms with Gasteiger partial charge in [-0.2, -0.15) is 18.3 Å². The number of pyridine rings is 1. The average molecular weight is 489 g/mol. The van der Waals surface area contributed by atoms with Gasteiger partial charge in [0.25, 0.3) is 5.91 Å². The van der Waals surface area contributed by atoms with E-state index >= 15 is 0 Å². The van der Waals surface area contributed by atoms with Crippen LogP contribution in [0.3, 0.4) is 0 Å². The first-order valence-electron chi connectivity index (χ1n) is 10.8. The summed E-state index contributed by atoms with van der Waals surface area (Å²) in [5, 5.41) is 6.40. The number of esters is 1. The average Bonchev–Trinajstić information content (AvgIpc) is 3.31. The van der Waals surface area contributed by atoms with Crippen LogP contribution in [0.1, 0.15) is 33.3 Å². The largest absolute Gasteiger partial charge is 0.462 e. The number of hydrogen-bond donors (Lipinski definition) is 1. The van der Waals surface area contributed by atoms with Crippen LogP contribution in [0.15, 0.2) is 48.8 Å². The molecule has 1 fully saturated rings. The summed E-state index contributed by atoms with van der Waals surface area (Å²) in [5.41, 5.74) is -1.42. The van der Waals surface area contributed by atoms with E-state index in [0.29, 0.717) is 31.0 Å². The number of morpholine rings is 1. The molecule has 3 aromatic rings. The van der Waals surface area contributed by atoms with Crippen molar-refractivity contribution in [2.75, 3.05) is 43.1 Å². The van der Waals surface area contributed by atoms with E-state index in [1.165, 1.54) is 37.4 Å². The predicted octanol–water partition coefficient (Wildman–Crippen LogP) is 3.55. The van der Waals surface area contributed by atoms with E-state index in [0.717, 1.165) is 12.0 Å². The lowest BCUT2D eigenvalue weighted by Crippen LogP contribution is -2.36. The maximum Gasteiger partial charge on any atom is 0.434 e. The van der Waals surface area contributed by atoms with Gasteiger partial charge in [-0.25, -0.2) is 14.5 Å². The summed E-state index contributed by atoms with van der Waals surface area (Å²) in [5.74, 6) is -0.877. The molecular weight excluding hydrogens is 467 g/mol. The van der Waals surface area contributed by atoms with Crippen LogP contribution in [0.5, 0.6) is 0 Å². The summed E-state index contributed by atoms with van der Waals surface area (Å²) in [6.07, 6.45) is -2.62. The van der Waals surface area contributed by atoms with E-state index in [1.807, 2.05) is 4.90 Å². The standard InChI is InChI=1S/C23H22F3N5O4/c1-2-35-22(33)18-14-28-31(20(18)23(24,25)26)17-5-3-4-16(12-17)29-21(32)15-6-7-19(27-13-15)30-8-10-34-11-9-30/h3-7,12-14H,2,8-11H2,1H3,(H,29,32). The second kappa shape index (κ2) is 10.1. The number of anilines is 2. The minimum absolute atomic E-state index is 0.00599. The van der Waals surface area contributed by atoms with Crippen LogP contribution >= 0.6 is 0 Å². The van der Waals surface area contributed by atoms with Crippen molar-refractivity contribution in [3.05, 3.63) is 65.6 Å². The Kier molecular flexibility index (Phi) is 7.01. The Labute approximate surface area is 198 Å². The van der Waals surface area contributed by atoms with Crippen LogP contribution in [0.25, 0.3) is 5.69 Å². The molecule has 2 aromatic heterocycles. The molecular formula is C23H22F3N5O4. The second-order valence-electron chi connectivity index (χ2n) is 7.55. The summed E-state index contributed by atoms with van der Waals surface area (Å²) in [4.78, 5) is 31.1. The van der Waals surface area contributed by atoms with E-state index in [4.69, 9.17) is 9.47 Å². The lowest BCUT2D eigenvalue weighted by molar-refractivity contribution is -0.143. The van der Waals surface area contributed by atoms with Crippen molar-refractivity contribution in [1.29, 1.82) is 0 Å². The van der Waals surface area contributed by atoms with Gasteiger partial charge in [0.2, 0.25) is 0 Å². The molecule has 0 unspecified atom stereocenters. The quantitative estimate of drug-likeness (QED) is 0.529. The first-order valence-corrected chi connectivity index (χ1v) is 10.8. The number of halogens is 3.